The minimum Gasteiger partial charge on any atom is -0.339 e. The summed E-state index contributed by atoms with van der Waals surface area (Å²) in [5, 5.41) is 4.37. The molecular formula is C14H14BrCl2N3. The second-order valence-electron chi connectivity index (χ2n) is 5.40. The molecule has 0 bridgehead atoms. The molecule has 0 fully saturated rings. The fourth-order valence-electron chi connectivity index (χ4n) is 1.55. The maximum absolute atomic E-state index is 6.14. The van der Waals surface area contributed by atoms with Crippen LogP contribution in [-0.4, -0.2) is 9.97 Å². The van der Waals surface area contributed by atoms with E-state index in [0.717, 1.165) is 10.4 Å². The SMILES string of the molecule is CC(C)(C)c1nc(Br)cc(Nc2cc(Cl)ccc2Cl)n1. The fraction of sp³-hybridized carbons (Fsp3) is 0.286. The Morgan fingerprint density at radius 2 is 1.80 bits per heavy atom. The highest BCUT2D eigenvalue weighted by Gasteiger charge is 2.19. The van der Waals surface area contributed by atoms with Gasteiger partial charge >= 0.3 is 0 Å². The molecule has 20 heavy (non-hydrogen) atoms. The molecule has 0 spiro atoms. The predicted molar refractivity (Wildman–Crippen MR) is 88.2 cm³/mol. The van der Waals surface area contributed by atoms with E-state index < -0.39 is 0 Å². The summed E-state index contributed by atoms with van der Waals surface area (Å²) in [5.74, 6) is 1.41. The number of hydrogen-bond donors (Lipinski definition) is 1. The van der Waals surface area contributed by atoms with Gasteiger partial charge in [-0.2, -0.15) is 0 Å². The maximum Gasteiger partial charge on any atom is 0.137 e. The first-order valence-corrected chi connectivity index (χ1v) is 7.58. The molecule has 0 unspecified atom stereocenters. The average Bonchev–Trinajstić information content (AvgIpc) is 2.32. The molecule has 2 rings (SSSR count). The van der Waals surface area contributed by atoms with E-state index in [1.807, 2.05) is 0 Å². The predicted octanol–water partition coefficient (Wildman–Crippen LogP) is 5.59. The van der Waals surface area contributed by atoms with E-state index in [1.54, 1.807) is 24.3 Å². The van der Waals surface area contributed by atoms with Gasteiger partial charge in [-0.1, -0.05) is 44.0 Å². The van der Waals surface area contributed by atoms with Crippen LogP contribution in [0.25, 0.3) is 0 Å². The Morgan fingerprint density at radius 1 is 1.10 bits per heavy atom. The third kappa shape index (κ3) is 3.84. The van der Waals surface area contributed by atoms with Gasteiger partial charge in [0.15, 0.2) is 0 Å². The Morgan fingerprint density at radius 3 is 2.45 bits per heavy atom. The zero-order valence-corrected chi connectivity index (χ0v) is 14.4. The molecule has 0 saturated heterocycles. The van der Waals surface area contributed by atoms with Crippen molar-refractivity contribution >= 4 is 50.6 Å². The molecule has 0 saturated carbocycles. The van der Waals surface area contributed by atoms with Crippen molar-refractivity contribution in [3.63, 3.8) is 0 Å². The molecule has 6 heteroatoms. The van der Waals surface area contributed by atoms with Crippen LogP contribution >= 0.6 is 39.1 Å². The van der Waals surface area contributed by atoms with E-state index in [-0.39, 0.29) is 5.41 Å². The number of halogens is 3. The summed E-state index contributed by atoms with van der Waals surface area (Å²) in [4.78, 5) is 8.91. The van der Waals surface area contributed by atoms with Crippen molar-refractivity contribution in [2.75, 3.05) is 5.32 Å². The molecule has 3 nitrogen and oxygen atoms in total. The van der Waals surface area contributed by atoms with Crippen molar-refractivity contribution in [2.45, 2.75) is 26.2 Å². The highest BCUT2D eigenvalue weighted by atomic mass is 79.9. The van der Waals surface area contributed by atoms with Gasteiger partial charge in [0.05, 0.1) is 10.7 Å². The maximum atomic E-state index is 6.14. The molecule has 0 aliphatic rings. The topological polar surface area (TPSA) is 37.8 Å². The van der Waals surface area contributed by atoms with Gasteiger partial charge in [-0.15, -0.1) is 0 Å². The Bertz CT molecular complexity index is 639. The first-order valence-electron chi connectivity index (χ1n) is 6.03. The van der Waals surface area contributed by atoms with Crippen molar-refractivity contribution in [1.29, 1.82) is 0 Å². The molecule has 1 heterocycles. The van der Waals surface area contributed by atoms with E-state index in [1.165, 1.54) is 0 Å². The summed E-state index contributed by atoms with van der Waals surface area (Å²) < 4.78 is 0.720. The minimum absolute atomic E-state index is 0.141. The van der Waals surface area contributed by atoms with Gasteiger partial charge in [0.1, 0.15) is 16.2 Å². The van der Waals surface area contributed by atoms with Crippen LogP contribution in [0.5, 0.6) is 0 Å². The standard InChI is InChI=1S/C14H14BrCl2N3/c1-14(2,3)13-19-11(15)7-12(20-13)18-10-6-8(16)4-5-9(10)17/h4-7H,1-3H3,(H,18,19,20). The molecule has 2 aromatic rings. The summed E-state index contributed by atoms with van der Waals surface area (Å²) in [6.07, 6.45) is 0. The number of anilines is 2. The summed E-state index contributed by atoms with van der Waals surface area (Å²) >= 11 is 15.5. The zero-order chi connectivity index (χ0) is 14.9. The van der Waals surface area contributed by atoms with Crippen LogP contribution in [0, 0.1) is 0 Å². The lowest BCUT2D eigenvalue weighted by atomic mass is 9.96. The number of nitrogens with zero attached hydrogens (tertiary/aromatic N) is 2. The van der Waals surface area contributed by atoms with Crippen molar-refractivity contribution in [1.82, 2.24) is 9.97 Å². The Hall–Kier alpha value is -0.840. The van der Waals surface area contributed by atoms with Crippen LogP contribution < -0.4 is 5.32 Å². The summed E-state index contributed by atoms with van der Waals surface area (Å²) in [6.45, 7) is 6.18. The molecule has 0 radical (unpaired) electrons. The number of benzene rings is 1. The molecule has 1 N–H and O–H groups in total. The van der Waals surface area contributed by atoms with Crippen LogP contribution in [0.3, 0.4) is 0 Å². The molecular weight excluding hydrogens is 361 g/mol. The van der Waals surface area contributed by atoms with Crippen LogP contribution in [0.15, 0.2) is 28.9 Å². The number of aromatic nitrogens is 2. The lowest BCUT2D eigenvalue weighted by molar-refractivity contribution is 0.544. The number of rotatable bonds is 2. The molecule has 1 aromatic heterocycles. The van der Waals surface area contributed by atoms with Crippen LogP contribution in [-0.2, 0) is 5.41 Å². The van der Waals surface area contributed by atoms with Gasteiger partial charge in [-0.25, -0.2) is 9.97 Å². The number of hydrogen-bond acceptors (Lipinski definition) is 3. The third-order valence-corrected chi connectivity index (χ3v) is 3.53. The molecule has 1 aromatic carbocycles. The Balaban J connectivity index is 2.39. The normalized spacial score (nSPS) is 11.5. The van der Waals surface area contributed by atoms with Gasteiger partial charge in [0.25, 0.3) is 0 Å². The highest BCUT2D eigenvalue weighted by molar-refractivity contribution is 9.10. The van der Waals surface area contributed by atoms with E-state index in [9.17, 15) is 0 Å². The fourth-order valence-corrected chi connectivity index (χ4v) is 2.27. The Kier molecular flexibility index (Phi) is 4.57. The van der Waals surface area contributed by atoms with Crippen LogP contribution in [0.2, 0.25) is 10.0 Å². The van der Waals surface area contributed by atoms with Crippen molar-refractivity contribution in [3.8, 4) is 0 Å². The monoisotopic (exact) mass is 373 g/mol. The molecule has 0 aliphatic carbocycles. The summed E-state index contributed by atoms with van der Waals surface area (Å²) in [7, 11) is 0. The van der Waals surface area contributed by atoms with Crippen LogP contribution in [0.4, 0.5) is 11.5 Å². The first kappa shape index (κ1) is 15.5. The second kappa shape index (κ2) is 5.88. The lowest BCUT2D eigenvalue weighted by Crippen LogP contribution is -2.16. The molecule has 0 amide bonds. The number of nitrogens with one attached hydrogen (secondary N) is 1. The van der Waals surface area contributed by atoms with E-state index in [0.29, 0.717) is 21.6 Å². The van der Waals surface area contributed by atoms with Crippen molar-refractivity contribution in [3.05, 3.63) is 44.7 Å². The quantitative estimate of drug-likeness (QED) is 0.696. The highest BCUT2D eigenvalue weighted by Crippen LogP contribution is 2.29. The molecule has 0 aliphatic heterocycles. The first-order chi connectivity index (χ1) is 9.25. The second-order valence-corrected chi connectivity index (χ2v) is 7.05. The lowest BCUT2D eigenvalue weighted by Gasteiger charge is -2.18. The minimum atomic E-state index is -0.141. The van der Waals surface area contributed by atoms with Gasteiger partial charge < -0.3 is 5.32 Å². The third-order valence-electron chi connectivity index (χ3n) is 2.56. The van der Waals surface area contributed by atoms with Gasteiger partial charge in [0.2, 0.25) is 0 Å². The van der Waals surface area contributed by atoms with Crippen molar-refractivity contribution < 1.29 is 0 Å². The van der Waals surface area contributed by atoms with E-state index in [4.69, 9.17) is 23.2 Å². The van der Waals surface area contributed by atoms with E-state index in [2.05, 4.69) is 52.0 Å². The van der Waals surface area contributed by atoms with Crippen LogP contribution in [0.1, 0.15) is 26.6 Å². The largest absolute Gasteiger partial charge is 0.339 e. The van der Waals surface area contributed by atoms with Crippen molar-refractivity contribution in [2.24, 2.45) is 0 Å². The molecule has 106 valence electrons. The van der Waals surface area contributed by atoms with E-state index >= 15 is 0 Å². The van der Waals surface area contributed by atoms with Gasteiger partial charge in [0, 0.05) is 16.5 Å². The van der Waals surface area contributed by atoms with Gasteiger partial charge in [-0.05, 0) is 34.1 Å². The average molecular weight is 375 g/mol. The molecule has 0 atom stereocenters. The smallest absolute Gasteiger partial charge is 0.137 e. The van der Waals surface area contributed by atoms with Gasteiger partial charge in [-0.3, -0.25) is 0 Å². The zero-order valence-electron chi connectivity index (χ0n) is 11.3. The summed E-state index contributed by atoms with van der Waals surface area (Å²) in [6, 6.07) is 7.04. The Labute approximate surface area is 136 Å². The summed E-state index contributed by atoms with van der Waals surface area (Å²) in [5.41, 5.74) is 0.572.